The molecule has 0 atom stereocenters. The molecule has 5 nitrogen and oxygen atoms in total. The van der Waals surface area contributed by atoms with Crippen molar-refractivity contribution in [3.05, 3.63) is 0 Å². The fourth-order valence-corrected chi connectivity index (χ4v) is 3.27. The van der Waals surface area contributed by atoms with Gasteiger partial charge >= 0.3 is 0 Å². The number of hydrogen-bond acceptors (Lipinski definition) is 3. The van der Waals surface area contributed by atoms with Crippen molar-refractivity contribution in [3.63, 3.8) is 0 Å². The van der Waals surface area contributed by atoms with Gasteiger partial charge in [0.25, 0.3) is 0 Å². The number of nitrogens with one attached hydrogen (secondary N) is 2. The van der Waals surface area contributed by atoms with Gasteiger partial charge in [0.2, 0.25) is 0 Å². The summed E-state index contributed by atoms with van der Waals surface area (Å²) in [4.78, 5) is 4.70. The summed E-state index contributed by atoms with van der Waals surface area (Å²) in [6.07, 6.45) is 8.63. The normalized spacial score (nSPS) is 25.8. The van der Waals surface area contributed by atoms with Crippen LogP contribution in [0.25, 0.3) is 0 Å². The second-order valence-electron chi connectivity index (χ2n) is 6.90. The van der Waals surface area contributed by atoms with Gasteiger partial charge in [0.1, 0.15) is 0 Å². The summed E-state index contributed by atoms with van der Waals surface area (Å²) < 4.78 is 11.2. The van der Waals surface area contributed by atoms with Crippen LogP contribution in [-0.2, 0) is 9.47 Å². The molecule has 24 heavy (non-hydrogen) atoms. The van der Waals surface area contributed by atoms with Crippen LogP contribution in [0.5, 0.6) is 0 Å². The molecule has 0 aromatic heterocycles. The number of nitrogens with zero attached hydrogens (tertiary/aromatic N) is 1. The molecule has 2 aliphatic rings. The van der Waals surface area contributed by atoms with E-state index in [1.165, 1.54) is 25.7 Å². The van der Waals surface area contributed by atoms with E-state index in [-0.39, 0.29) is 24.0 Å². The number of aliphatic imine (C=N–C) groups is 1. The van der Waals surface area contributed by atoms with Gasteiger partial charge in [-0.25, -0.2) is 0 Å². The van der Waals surface area contributed by atoms with Gasteiger partial charge < -0.3 is 20.1 Å². The smallest absolute Gasteiger partial charge is 0.191 e. The first-order valence-electron chi connectivity index (χ1n) is 9.52. The molecule has 1 saturated carbocycles. The number of rotatable bonds is 7. The number of ether oxygens (including phenoxy) is 2. The van der Waals surface area contributed by atoms with Crippen molar-refractivity contribution in [2.75, 3.05) is 32.9 Å². The first kappa shape index (κ1) is 22.0. The lowest BCUT2D eigenvalue weighted by atomic mass is 9.87. The third-order valence-corrected chi connectivity index (χ3v) is 4.80. The van der Waals surface area contributed by atoms with Crippen molar-refractivity contribution in [2.45, 2.75) is 70.9 Å². The Labute approximate surface area is 164 Å². The maximum atomic E-state index is 5.90. The zero-order valence-electron chi connectivity index (χ0n) is 15.4. The average molecular weight is 453 g/mol. The van der Waals surface area contributed by atoms with Crippen LogP contribution < -0.4 is 10.6 Å². The molecule has 0 aromatic rings. The minimum Gasteiger partial charge on any atom is -0.381 e. The molecule has 1 saturated heterocycles. The zero-order chi connectivity index (χ0) is 16.3. The highest BCUT2D eigenvalue weighted by molar-refractivity contribution is 14.0. The fourth-order valence-electron chi connectivity index (χ4n) is 3.27. The summed E-state index contributed by atoms with van der Waals surface area (Å²) in [6, 6.07) is 0.586. The van der Waals surface area contributed by atoms with Crippen molar-refractivity contribution < 1.29 is 9.47 Å². The van der Waals surface area contributed by atoms with Crippen LogP contribution >= 0.6 is 24.0 Å². The molecule has 0 radical (unpaired) electrons. The molecule has 2 fully saturated rings. The standard InChI is InChI=1S/C18H35N3O2.HI/c1-3-19-18(21-16-7-5-15(2)6-8-16)20-11-4-12-23-17-9-13-22-14-10-17;/h15-17H,3-14H2,1-2H3,(H2,19,20,21);1H. The highest BCUT2D eigenvalue weighted by Crippen LogP contribution is 2.23. The van der Waals surface area contributed by atoms with Gasteiger partial charge in [-0.1, -0.05) is 6.92 Å². The average Bonchev–Trinajstić information content (AvgIpc) is 2.57. The van der Waals surface area contributed by atoms with Crippen molar-refractivity contribution >= 4 is 29.9 Å². The van der Waals surface area contributed by atoms with Gasteiger partial charge in [-0.15, -0.1) is 24.0 Å². The van der Waals surface area contributed by atoms with Crippen molar-refractivity contribution in [1.29, 1.82) is 0 Å². The van der Waals surface area contributed by atoms with Gasteiger partial charge in [-0.05, 0) is 57.8 Å². The fraction of sp³-hybridized carbons (Fsp3) is 0.944. The molecule has 1 aliphatic carbocycles. The van der Waals surface area contributed by atoms with Crippen LogP contribution in [0.1, 0.15) is 58.8 Å². The van der Waals surface area contributed by atoms with E-state index in [0.29, 0.717) is 12.1 Å². The predicted octanol–water partition coefficient (Wildman–Crippen LogP) is 3.32. The van der Waals surface area contributed by atoms with Gasteiger partial charge in [0.05, 0.1) is 6.10 Å². The van der Waals surface area contributed by atoms with E-state index in [0.717, 1.165) is 64.1 Å². The predicted molar refractivity (Wildman–Crippen MR) is 110 cm³/mol. The SMILES string of the molecule is CCNC(=NCCCOC1CCOCC1)NC1CCC(C)CC1.I. The first-order chi connectivity index (χ1) is 11.3. The Morgan fingerprint density at radius 2 is 1.83 bits per heavy atom. The molecular weight excluding hydrogens is 417 g/mol. The summed E-state index contributed by atoms with van der Waals surface area (Å²) in [7, 11) is 0. The summed E-state index contributed by atoms with van der Waals surface area (Å²) in [5.41, 5.74) is 0. The molecule has 0 aromatic carbocycles. The van der Waals surface area contributed by atoms with E-state index >= 15 is 0 Å². The van der Waals surface area contributed by atoms with E-state index in [1.54, 1.807) is 0 Å². The molecule has 142 valence electrons. The van der Waals surface area contributed by atoms with E-state index in [4.69, 9.17) is 14.5 Å². The van der Waals surface area contributed by atoms with Crippen LogP contribution in [0.4, 0.5) is 0 Å². The minimum atomic E-state index is 0. The maximum absolute atomic E-state index is 5.90. The van der Waals surface area contributed by atoms with E-state index in [1.807, 2.05) is 0 Å². The van der Waals surface area contributed by atoms with E-state index < -0.39 is 0 Å². The van der Waals surface area contributed by atoms with Crippen LogP contribution in [0.15, 0.2) is 4.99 Å². The van der Waals surface area contributed by atoms with E-state index in [9.17, 15) is 0 Å². The van der Waals surface area contributed by atoms with Crippen molar-refractivity contribution in [3.8, 4) is 0 Å². The minimum absolute atomic E-state index is 0. The Morgan fingerprint density at radius 3 is 2.50 bits per heavy atom. The van der Waals surface area contributed by atoms with Crippen LogP contribution in [0.2, 0.25) is 0 Å². The molecule has 0 bridgehead atoms. The third kappa shape index (κ3) is 8.85. The Hall–Kier alpha value is -0.0800. The number of hydrogen-bond donors (Lipinski definition) is 2. The van der Waals surface area contributed by atoms with Gasteiger partial charge in [0.15, 0.2) is 5.96 Å². The maximum Gasteiger partial charge on any atom is 0.191 e. The largest absolute Gasteiger partial charge is 0.381 e. The molecule has 2 N–H and O–H groups in total. The summed E-state index contributed by atoms with van der Waals surface area (Å²) in [6.45, 7) is 8.70. The van der Waals surface area contributed by atoms with Gasteiger partial charge in [0, 0.05) is 39.0 Å². The lowest BCUT2D eigenvalue weighted by Crippen LogP contribution is -2.44. The Balaban J connectivity index is 0.00000288. The quantitative estimate of drug-likeness (QED) is 0.269. The summed E-state index contributed by atoms with van der Waals surface area (Å²) in [5, 5.41) is 6.96. The number of halogens is 1. The highest BCUT2D eigenvalue weighted by Gasteiger charge is 2.18. The zero-order valence-corrected chi connectivity index (χ0v) is 17.7. The summed E-state index contributed by atoms with van der Waals surface area (Å²) in [5.74, 6) is 1.85. The molecule has 6 heteroatoms. The first-order valence-corrected chi connectivity index (χ1v) is 9.52. The lowest BCUT2D eigenvalue weighted by molar-refractivity contribution is -0.0318. The van der Waals surface area contributed by atoms with E-state index in [2.05, 4.69) is 24.5 Å². The Morgan fingerprint density at radius 1 is 1.12 bits per heavy atom. The van der Waals surface area contributed by atoms with Crippen LogP contribution in [0.3, 0.4) is 0 Å². The Kier molecular flexibility index (Phi) is 12.0. The monoisotopic (exact) mass is 453 g/mol. The second-order valence-corrected chi connectivity index (χ2v) is 6.90. The Bertz CT molecular complexity index is 341. The van der Waals surface area contributed by atoms with Gasteiger partial charge in [-0.2, -0.15) is 0 Å². The molecule has 0 spiro atoms. The van der Waals surface area contributed by atoms with Crippen LogP contribution in [0, 0.1) is 5.92 Å². The topological polar surface area (TPSA) is 54.9 Å². The third-order valence-electron chi connectivity index (χ3n) is 4.80. The second kappa shape index (κ2) is 13.2. The molecule has 2 rings (SSSR count). The van der Waals surface area contributed by atoms with Gasteiger partial charge in [-0.3, -0.25) is 4.99 Å². The highest BCUT2D eigenvalue weighted by atomic mass is 127. The molecule has 1 aliphatic heterocycles. The molecule has 0 amide bonds. The van der Waals surface area contributed by atoms with Crippen LogP contribution in [-0.4, -0.2) is 51.0 Å². The van der Waals surface area contributed by atoms with Crippen molar-refractivity contribution in [2.24, 2.45) is 10.9 Å². The van der Waals surface area contributed by atoms with Crippen molar-refractivity contribution in [1.82, 2.24) is 10.6 Å². The lowest BCUT2D eigenvalue weighted by Gasteiger charge is -2.28. The number of guanidine groups is 1. The summed E-state index contributed by atoms with van der Waals surface area (Å²) >= 11 is 0. The molecule has 1 heterocycles. The molecule has 0 unspecified atom stereocenters. The molecular formula is C18H36IN3O2.